The van der Waals surface area contributed by atoms with E-state index in [0.717, 1.165) is 75.0 Å². The number of carbonyl (C=O) groups excluding carboxylic acids is 2. The van der Waals surface area contributed by atoms with Crippen LogP contribution in [-0.4, -0.2) is 25.2 Å². The Morgan fingerprint density at radius 1 is 0.553 bits per heavy atom. The molecule has 0 aromatic carbocycles. The van der Waals surface area contributed by atoms with Gasteiger partial charge in [0.15, 0.2) is 0 Å². The van der Waals surface area contributed by atoms with Crippen LogP contribution >= 0.6 is 0 Å². The van der Waals surface area contributed by atoms with Crippen LogP contribution < -0.4 is 0 Å². The zero-order valence-electron chi connectivity index (χ0n) is 26.2. The van der Waals surface area contributed by atoms with Gasteiger partial charge in [0.1, 0.15) is 0 Å². The highest BCUT2D eigenvalue weighted by Gasteiger charge is 2.31. The van der Waals surface area contributed by atoms with Gasteiger partial charge in [-0.15, -0.1) is 0 Å². The molecule has 4 nitrogen and oxygen atoms in total. The maximum absolute atomic E-state index is 12.5. The summed E-state index contributed by atoms with van der Waals surface area (Å²) in [6.45, 7) is 15.1. The number of rotatable bonds is 22. The minimum atomic E-state index is -0.0591. The number of ether oxygens (including phenoxy) is 2. The molecule has 0 heterocycles. The average molecular weight is 537 g/mol. The predicted octanol–water partition coefficient (Wildman–Crippen LogP) is 9.92. The summed E-state index contributed by atoms with van der Waals surface area (Å²) in [5, 5.41) is 0. The lowest BCUT2D eigenvalue weighted by Gasteiger charge is -2.26. The van der Waals surface area contributed by atoms with Crippen LogP contribution in [0.15, 0.2) is 0 Å². The second kappa shape index (κ2) is 21.7. The fourth-order valence-electron chi connectivity index (χ4n) is 6.29. The van der Waals surface area contributed by atoms with E-state index in [9.17, 15) is 9.59 Å². The van der Waals surface area contributed by atoms with Gasteiger partial charge in [-0.2, -0.15) is 0 Å². The Kier molecular flexibility index (Phi) is 20.0. The van der Waals surface area contributed by atoms with E-state index in [1.165, 1.54) is 64.2 Å². The average Bonchev–Trinajstić information content (AvgIpc) is 2.90. The molecular weight excluding hydrogens is 472 g/mol. The standard InChI is InChI=1S/C34H64O4/c1-7-9-15-27(3)25-29(5)17-11-13-23-37-33(35)31-19-21-32(22-20-31)34(36)38-24-14-12-18-30(6)26-28(4)16-10-8-2/h27-32H,7-26H2,1-6H3. The van der Waals surface area contributed by atoms with Gasteiger partial charge in [0.2, 0.25) is 0 Å². The van der Waals surface area contributed by atoms with E-state index in [4.69, 9.17) is 9.47 Å². The quantitative estimate of drug-likeness (QED) is 0.102. The van der Waals surface area contributed by atoms with Crippen molar-refractivity contribution in [3.63, 3.8) is 0 Å². The summed E-state index contributed by atoms with van der Waals surface area (Å²) in [4.78, 5) is 25.0. The fraction of sp³-hybridized carbons (Fsp3) is 0.941. The van der Waals surface area contributed by atoms with Gasteiger partial charge in [0, 0.05) is 0 Å². The van der Waals surface area contributed by atoms with E-state index in [2.05, 4.69) is 41.5 Å². The van der Waals surface area contributed by atoms with Crippen molar-refractivity contribution in [1.82, 2.24) is 0 Å². The van der Waals surface area contributed by atoms with Gasteiger partial charge in [0.25, 0.3) is 0 Å². The molecule has 1 saturated carbocycles. The van der Waals surface area contributed by atoms with Gasteiger partial charge >= 0.3 is 11.9 Å². The molecule has 224 valence electrons. The van der Waals surface area contributed by atoms with Gasteiger partial charge < -0.3 is 9.47 Å². The highest BCUT2D eigenvalue weighted by atomic mass is 16.5. The van der Waals surface area contributed by atoms with Crippen LogP contribution in [0.2, 0.25) is 0 Å². The molecule has 1 rings (SSSR count). The molecule has 0 aromatic rings. The first kappa shape index (κ1) is 35.0. The van der Waals surface area contributed by atoms with Crippen LogP contribution in [0.3, 0.4) is 0 Å². The number of hydrogen-bond acceptors (Lipinski definition) is 4. The third kappa shape index (κ3) is 16.8. The molecule has 0 N–H and O–H groups in total. The lowest BCUT2D eigenvalue weighted by molar-refractivity contribution is -0.155. The van der Waals surface area contributed by atoms with E-state index in [-0.39, 0.29) is 23.8 Å². The summed E-state index contributed by atoms with van der Waals surface area (Å²) in [6.07, 6.45) is 20.2. The number of unbranched alkanes of at least 4 members (excludes halogenated alkanes) is 4. The zero-order valence-corrected chi connectivity index (χ0v) is 26.2. The molecule has 4 atom stereocenters. The highest BCUT2D eigenvalue weighted by molar-refractivity contribution is 5.75. The predicted molar refractivity (Wildman–Crippen MR) is 160 cm³/mol. The van der Waals surface area contributed by atoms with Crippen molar-refractivity contribution in [3.8, 4) is 0 Å². The minimum Gasteiger partial charge on any atom is -0.465 e. The summed E-state index contributed by atoms with van der Waals surface area (Å²) in [5.74, 6) is 2.93. The van der Waals surface area contributed by atoms with Gasteiger partial charge in [0.05, 0.1) is 25.0 Å². The molecule has 0 bridgehead atoms. The molecule has 0 aromatic heterocycles. The van der Waals surface area contributed by atoms with E-state index in [1.54, 1.807) is 0 Å². The van der Waals surface area contributed by atoms with Crippen LogP contribution in [0, 0.1) is 35.5 Å². The largest absolute Gasteiger partial charge is 0.465 e. The Hall–Kier alpha value is -1.06. The summed E-state index contributed by atoms with van der Waals surface area (Å²) in [6, 6.07) is 0. The van der Waals surface area contributed by atoms with Crippen LogP contribution in [-0.2, 0) is 19.1 Å². The molecule has 0 saturated heterocycles. The van der Waals surface area contributed by atoms with Crippen LogP contribution in [0.1, 0.15) is 157 Å². The van der Waals surface area contributed by atoms with Crippen LogP contribution in [0.5, 0.6) is 0 Å². The number of esters is 2. The number of hydrogen-bond donors (Lipinski definition) is 0. The normalized spacial score (nSPS) is 20.9. The monoisotopic (exact) mass is 536 g/mol. The smallest absolute Gasteiger partial charge is 0.308 e. The van der Waals surface area contributed by atoms with Gasteiger partial charge in [-0.25, -0.2) is 0 Å². The molecule has 1 aliphatic rings. The van der Waals surface area contributed by atoms with E-state index >= 15 is 0 Å². The number of carbonyl (C=O) groups is 2. The highest BCUT2D eigenvalue weighted by Crippen LogP contribution is 2.31. The molecule has 1 fully saturated rings. The van der Waals surface area contributed by atoms with Gasteiger partial charge in [-0.05, 0) is 87.9 Å². The molecule has 0 aliphatic heterocycles. The first-order valence-electron chi connectivity index (χ1n) is 16.6. The van der Waals surface area contributed by atoms with Crippen molar-refractivity contribution >= 4 is 11.9 Å². The topological polar surface area (TPSA) is 52.6 Å². The Bertz CT molecular complexity index is 543. The summed E-state index contributed by atoms with van der Waals surface area (Å²) >= 11 is 0. The first-order valence-corrected chi connectivity index (χ1v) is 16.6. The van der Waals surface area contributed by atoms with Crippen molar-refractivity contribution in [2.24, 2.45) is 35.5 Å². The minimum absolute atomic E-state index is 0.0430. The molecular formula is C34H64O4. The van der Waals surface area contributed by atoms with Crippen molar-refractivity contribution < 1.29 is 19.1 Å². The Morgan fingerprint density at radius 3 is 1.18 bits per heavy atom. The van der Waals surface area contributed by atoms with Crippen molar-refractivity contribution in [3.05, 3.63) is 0 Å². The van der Waals surface area contributed by atoms with E-state index < -0.39 is 0 Å². The molecule has 4 unspecified atom stereocenters. The SMILES string of the molecule is CCCCC(C)CC(C)CCCCOC(=O)C1CCC(C(=O)OCCCCC(C)CC(C)CCCC)CC1. The molecule has 0 spiro atoms. The van der Waals surface area contributed by atoms with Crippen LogP contribution in [0.4, 0.5) is 0 Å². The van der Waals surface area contributed by atoms with Crippen molar-refractivity contribution in [2.45, 2.75) is 157 Å². The lowest BCUT2D eigenvalue weighted by Crippen LogP contribution is -2.28. The van der Waals surface area contributed by atoms with Crippen molar-refractivity contribution in [2.75, 3.05) is 13.2 Å². The van der Waals surface area contributed by atoms with Gasteiger partial charge in [-0.3, -0.25) is 9.59 Å². The fourth-order valence-corrected chi connectivity index (χ4v) is 6.29. The third-order valence-electron chi connectivity index (χ3n) is 8.78. The second-order valence-corrected chi connectivity index (χ2v) is 13.1. The van der Waals surface area contributed by atoms with E-state index in [1.807, 2.05) is 0 Å². The third-order valence-corrected chi connectivity index (χ3v) is 8.78. The summed E-state index contributed by atoms with van der Waals surface area (Å²) in [5.41, 5.74) is 0. The summed E-state index contributed by atoms with van der Waals surface area (Å²) < 4.78 is 11.2. The molecule has 38 heavy (non-hydrogen) atoms. The maximum Gasteiger partial charge on any atom is 0.308 e. The Morgan fingerprint density at radius 2 is 0.868 bits per heavy atom. The maximum atomic E-state index is 12.5. The molecule has 1 aliphatic carbocycles. The zero-order chi connectivity index (χ0) is 28.2. The first-order chi connectivity index (χ1) is 18.3. The molecule has 0 amide bonds. The molecule has 4 heteroatoms. The Labute approximate surface area is 236 Å². The Balaban J connectivity index is 2.07. The second-order valence-electron chi connectivity index (χ2n) is 13.1. The van der Waals surface area contributed by atoms with Gasteiger partial charge in [-0.1, -0.05) is 92.9 Å². The summed E-state index contributed by atoms with van der Waals surface area (Å²) in [7, 11) is 0. The lowest BCUT2D eigenvalue weighted by atomic mass is 9.82. The van der Waals surface area contributed by atoms with Crippen molar-refractivity contribution in [1.29, 1.82) is 0 Å². The van der Waals surface area contributed by atoms with E-state index in [0.29, 0.717) is 13.2 Å². The molecule has 0 radical (unpaired) electrons. The van der Waals surface area contributed by atoms with Crippen LogP contribution in [0.25, 0.3) is 0 Å².